The summed E-state index contributed by atoms with van der Waals surface area (Å²) >= 11 is 0. The van der Waals surface area contributed by atoms with Crippen LogP contribution in [0, 0.1) is 17.7 Å². The number of aryl methyl sites for hydroxylation is 2. The molecule has 0 saturated carbocycles. The number of carbonyl (C=O) groups is 3. The van der Waals surface area contributed by atoms with Crippen LogP contribution < -0.4 is 4.90 Å². The van der Waals surface area contributed by atoms with Crippen molar-refractivity contribution in [1.82, 2.24) is 0 Å². The van der Waals surface area contributed by atoms with E-state index in [-0.39, 0.29) is 24.1 Å². The molecule has 8 heteroatoms. The van der Waals surface area contributed by atoms with Crippen LogP contribution in [0.2, 0.25) is 0 Å². The summed E-state index contributed by atoms with van der Waals surface area (Å²) < 4.78 is 13.3. The number of aliphatic hydroxyl groups is 1. The van der Waals surface area contributed by atoms with E-state index in [1.165, 1.54) is 29.8 Å². The molecule has 1 aliphatic heterocycles. The Hall–Kier alpha value is -4.46. The fourth-order valence-electron chi connectivity index (χ4n) is 5.28. The van der Waals surface area contributed by atoms with E-state index in [9.17, 15) is 23.9 Å². The Labute approximate surface area is 238 Å². The molecule has 0 spiro atoms. The number of carboxylic acid groups (broad SMARTS) is 2. The number of amides is 1. The van der Waals surface area contributed by atoms with Crippen LogP contribution in [-0.4, -0.2) is 33.2 Å². The number of anilines is 1. The zero-order chi connectivity index (χ0) is 29.5. The second kappa shape index (κ2) is 13.3. The molecule has 0 unspecified atom stereocenters. The number of allylic oxidation sites excluding steroid dienone is 1. The van der Waals surface area contributed by atoms with E-state index in [1.54, 1.807) is 11.0 Å². The lowest BCUT2D eigenvalue weighted by Crippen LogP contribution is -2.55. The van der Waals surface area contributed by atoms with Crippen molar-refractivity contribution < 1.29 is 34.1 Å². The number of hydrogen-bond donors (Lipinski definition) is 3. The summed E-state index contributed by atoms with van der Waals surface area (Å²) in [5, 5.41) is 28.7. The first-order valence-corrected chi connectivity index (χ1v) is 13.8. The maximum Gasteiger partial charge on any atom is 0.317 e. The minimum absolute atomic E-state index is 0.0182. The molecule has 0 aromatic heterocycles. The number of nitrogens with zero attached hydrogens (tertiary/aromatic N) is 1. The maximum absolute atomic E-state index is 13.4. The molecule has 0 bridgehead atoms. The molecule has 1 fully saturated rings. The summed E-state index contributed by atoms with van der Waals surface area (Å²) in [6.45, 7) is 2.11. The first kappa shape index (κ1) is 29.5. The summed E-state index contributed by atoms with van der Waals surface area (Å²) in [6.07, 6.45) is 4.85. The van der Waals surface area contributed by atoms with E-state index >= 15 is 0 Å². The molecular formula is C33H34FNO6. The van der Waals surface area contributed by atoms with Gasteiger partial charge in [0, 0.05) is 11.3 Å². The monoisotopic (exact) mass is 559 g/mol. The summed E-state index contributed by atoms with van der Waals surface area (Å²) in [5.41, 5.74) is 4.31. The second-order valence-corrected chi connectivity index (χ2v) is 10.4. The zero-order valence-corrected chi connectivity index (χ0v) is 22.9. The Kier molecular flexibility index (Phi) is 9.55. The first-order chi connectivity index (χ1) is 19.7. The second-order valence-electron chi connectivity index (χ2n) is 10.4. The number of benzene rings is 3. The summed E-state index contributed by atoms with van der Waals surface area (Å²) in [5.74, 6) is -4.98. The van der Waals surface area contributed by atoms with E-state index < -0.39 is 29.6 Å². The van der Waals surface area contributed by atoms with Crippen LogP contribution in [0.5, 0.6) is 0 Å². The van der Waals surface area contributed by atoms with Gasteiger partial charge in [-0.3, -0.25) is 14.4 Å². The molecular weight excluding hydrogens is 525 g/mol. The Morgan fingerprint density at radius 2 is 1.46 bits per heavy atom. The van der Waals surface area contributed by atoms with Gasteiger partial charge >= 0.3 is 11.9 Å². The number of β-lactam (4-membered cyclic amide) rings is 1. The molecule has 214 valence electrons. The predicted molar refractivity (Wildman–Crippen MR) is 154 cm³/mol. The van der Waals surface area contributed by atoms with E-state index in [0.29, 0.717) is 24.8 Å². The van der Waals surface area contributed by atoms with Gasteiger partial charge in [0.25, 0.3) is 0 Å². The van der Waals surface area contributed by atoms with Crippen LogP contribution in [0.25, 0.3) is 5.76 Å². The minimum Gasteiger partial charge on any atom is -0.508 e. The molecule has 1 heterocycles. The van der Waals surface area contributed by atoms with Crippen molar-refractivity contribution >= 4 is 29.3 Å². The quantitative estimate of drug-likeness (QED) is 0.124. The molecule has 1 amide bonds. The topological polar surface area (TPSA) is 115 Å². The Morgan fingerprint density at radius 1 is 0.878 bits per heavy atom. The van der Waals surface area contributed by atoms with Crippen LogP contribution in [0.15, 0.2) is 78.9 Å². The number of hydrogen-bond acceptors (Lipinski definition) is 4. The van der Waals surface area contributed by atoms with E-state index in [0.717, 1.165) is 29.7 Å². The number of rotatable bonds is 13. The number of carbonyl (C=O) groups excluding carboxylic acids is 1. The number of aliphatic carboxylic acids is 2. The van der Waals surface area contributed by atoms with Crippen molar-refractivity contribution in [3.63, 3.8) is 0 Å². The normalized spacial score (nSPS) is 17.0. The number of halogens is 1. The van der Waals surface area contributed by atoms with Crippen LogP contribution in [0.1, 0.15) is 60.9 Å². The van der Waals surface area contributed by atoms with Crippen LogP contribution in [0.4, 0.5) is 10.1 Å². The third kappa shape index (κ3) is 7.01. The number of carboxylic acids is 2. The van der Waals surface area contributed by atoms with Gasteiger partial charge in [-0.25, -0.2) is 4.39 Å². The lowest BCUT2D eigenvalue weighted by molar-refractivity contribution is -0.154. The molecule has 4 rings (SSSR count). The van der Waals surface area contributed by atoms with Gasteiger partial charge in [-0.15, -0.1) is 0 Å². The van der Waals surface area contributed by atoms with Crippen molar-refractivity contribution in [2.75, 3.05) is 4.90 Å². The number of aliphatic hydroxyl groups excluding tert-OH is 1. The van der Waals surface area contributed by atoms with Crippen LogP contribution >= 0.6 is 0 Å². The highest BCUT2D eigenvalue weighted by Gasteiger charge is 2.48. The van der Waals surface area contributed by atoms with Crippen molar-refractivity contribution in [1.29, 1.82) is 0 Å². The van der Waals surface area contributed by atoms with Gasteiger partial charge in [-0.05, 0) is 91.3 Å². The van der Waals surface area contributed by atoms with E-state index in [1.807, 2.05) is 48.5 Å². The SMILES string of the molecule is CCCc1ccc(N2C(=O)[C@H](C/C=C(\O)c3ccc(F)cc3)[C@H]2c2ccc(CCCC(C(=O)O)C(=O)O)cc2)cc1. The van der Waals surface area contributed by atoms with Crippen LogP contribution in [-0.2, 0) is 27.2 Å². The highest BCUT2D eigenvalue weighted by molar-refractivity contribution is 6.03. The van der Waals surface area contributed by atoms with Crippen LogP contribution in [0.3, 0.4) is 0 Å². The lowest BCUT2D eigenvalue weighted by Gasteiger charge is -2.47. The van der Waals surface area contributed by atoms with Gasteiger partial charge in [-0.2, -0.15) is 0 Å². The van der Waals surface area contributed by atoms with E-state index in [2.05, 4.69) is 6.92 Å². The largest absolute Gasteiger partial charge is 0.508 e. The van der Waals surface area contributed by atoms with Gasteiger partial charge in [0.2, 0.25) is 5.91 Å². The van der Waals surface area contributed by atoms with Crippen molar-refractivity contribution in [3.8, 4) is 0 Å². The smallest absolute Gasteiger partial charge is 0.317 e. The molecule has 1 aliphatic rings. The summed E-state index contributed by atoms with van der Waals surface area (Å²) in [6, 6.07) is 20.9. The van der Waals surface area contributed by atoms with Gasteiger partial charge < -0.3 is 20.2 Å². The molecule has 0 radical (unpaired) electrons. The maximum atomic E-state index is 13.4. The van der Waals surface area contributed by atoms with Gasteiger partial charge in [0.05, 0.1) is 12.0 Å². The Balaban J connectivity index is 1.53. The molecule has 1 saturated heterocycles. The lowest BCUT2D eigenvalue weighted by atomic mass is 9.79. The molecule has 3 aromatic carbocycles. The molecule has 2 atom stereocenters. The predicted octanol–water partition coefficient (Wildman–Crippen LogP) is 6.58. The van der Waals surface area contributed by atoms with Crippen molar-refractivity contribution in [3.05, 3.63) is 107 Å². The molecule has 0 aliphatic carbocycles. The average molecular weight is 560 g/mol. The molecule has 3 N–H and O–H groups in total. The fraction of sp³-hybridized carbons (Fsp3) is 0.303. The first-order valence-electron chi connectivity index (χ1n) is 13.8. The van der Waals surface area contributed by atoms with Gasteiger partial charge in [-0.1, -0.05) is 49.7 Å². The third-order valence-electron chi connectivity index (χ3n) is 7.55. The van der Waals surface area contributed by atoms with E-state index in [4.69, 9.17) is 10.2 Å². The standard InChI is InChI=1S/C33H34FNO6/c1-2-4-21-9-17-26(18-10-21)35-30(27(31(35)37)19-20-29(36)23-13-15-25(34)16-14-23)24-11-7-22(8-12-24)5-3-6-28(32(38)39)33(40)41/h7-18,20,27-28,30,36H,2-6,19H2,1H3,(H,38,39)(H,40,41)/b29-20-/t27-,30-/m1/s1. The zero-order valence-electron chi connectivity index (χ0n) is 22.9. The highest BCUT2D eigenvalue weighted by Crippen LogP contribution is 2.45. The third-order valence-corrected chi connectivity index (χ3v) is 7.55. The highest BCUT2D eigenvalue weighted by atomic mass is 19.1. The Bertz CT molecular complexity index is 1390. The van der Waals surface area contributed by atoms with Crippen molar-refractivity contribution in [2.45, 2.75) is 51.5 Å². The average Bonchev–Trinajstić information content (AvgIpc) is 2.95. The van der Waals surface area contributed by atoms with Crippen molar-refractivity contribution in [2.24, 2.45) is 11.8 Å². The molecule has 7 nitrogen and oxygen atoms in total. The summed E-state index contributed by atoms with van der Waals surface area (Å²) in [7, 11) is 0. The molecule has 3 aromatic rings. The Morgan fingerprint density at radius 3 is 2.05 bits per heavy atom. The molecule has 41 heavy (non-hydrogen) atoms. The minimum atomic E-state index is -1.42. The van der Waals surface area contributed by atoms with Gasteiger partial charge in [0.15, 0.2) is 5.92 Å². The fourth-order valence-corrected chi connectivity index (χ4v) is 5.28. The summed E-state index contributed by atoms with van der Waals surface area (Å²) in [4.78, 5) is 37.4. The van der Waals surface area contributed by atoms with Gasteiger partial charge in [0.1, 0.15) is 11.6 Å².